The van der Waals surface area contributed by atoms with Gasteiger partial charge in [-0.1, -0.05) is 42.1 Å². The molecule has 0 radical (unpaired) electrons. The Morgan fingerprint density at radius 3 is 2.75 bits per heavy atom. The zero-order valence-corrected chi connectivity index (χ0v) is 14.4. The van der Waals surface area contributed by atoms with Crippen LogP contribution < -0.4 is 5.32 Å². The number of amides is 3. The Labute approximate surface area is 144 Å². The normalized spacial score (nSPS) is 15.4. The highest BCUT2D eigenvalue weighted by Gasteiger charge is 2.31. The molecule has 1 aliphatic heterocycles. The van der Waals surface area contributed by atoms with Crippen LogP contribution in [0.1, 0.15) is 18.3 Å². The van der Waals surface area contributed by atoms with Crippen molar-refractivity contribution >= 4 is 23.7 Å². The van der Waals surface area contributed by atoms with E-state index in [-0.39, 0.29) is 11.9 Å². The molecule has 2 aromatic rings. The van der Waals surface area contributed by atoms with Crippen molar-refractivity contribution in [1.29, 1.82) is 0 Å². The molecule has 0 saturated carbocycles. The summed E-state index contributed by atoms with van der Waals surface area (Å²) in [5.74, 6) is 0.585. The fourth-order valence-corrected chi connectivity index (χ4v) is 3.46. The van der Waals surface area contributed by atoms with Crippen LogP contribution in [0.4, 0.5) is 4.79 Å². The van der Waals surface area contributed by atoms with Crippen LogP contribution in [0, 0.1) is 6.92 Å². The molecule has 3 amide bonds. The zero-order valence-electron chi connectivity index (χ0n) is 13.6. The van der Waals surface area contributed by atoms with Crippen LogP contribution in [-0.2, 0) is 11.3 Å². The Balaban J connectivity index is 1.73. The molecule has 1 atom stereocenters. The lowest BCUT2D eigenvalue weighted by atomic mass is 10.2. The highest BCUT2D eigenvalue weighted by Crippen LogP contribution is 2.25. The summed E-state index contributed by atoms with van der Waals surface area (Å²) >= 11 is 1.33. The van der Waals surface area contributed by atoms with E-state index < -0.39 is 5.25 Å². The van der Waals surface area contributed by atoms with Crippen molar-refractivity contribution in [2.24, 2.45) is 0 Å². The summed E-state index contributed by atoms with van der Waals surface area (Å²) in [6.45, 7) is 5.24. The molecule has 126 valence electrons. The van der Waals surface area contributed by atoms with Gasteiger partial charge in [-0.15, -0.1) is 10.2 Å². The Morgan fingerprint density at radius 1 is 1.33 bits per heavy atom. The Hall–Kier alpha value is -2.35. The molecule has 2 heterocycles. The zero-order chi connectivity index (χ0) is 17.1. The van der Waals surface area contributed by atoms with Crippen LogP contribution in [0.25, 0.3) is 0 Å². The number of carbonyl (C=O) groups excluding carboxylic acids is 2. The van der Waals surface area contributed by atoms with Gasteiger partial charge in [0.25, 0.3) is 0 Å². The average Bonchev–Trinajstić information content (AvgIpc) is 3.15. The lowest BCUT2D eigenvalue weighted by Crippen LogP contribution is -2.39. The molecule has 0 bridgehead atoms. The van der Waals surface area contributed by atoms with Crippen LogP contribution in [0.15, 0.2) is 35.5 Å². The minimum Gasteiger partial charge on any atom is -0.336 e. The van der Waals surface area contributed by atoms with E-state index in [4.69, 9.17) is 0 Å². The van der Waals surface area contributed by atoms with Crippen LogP contribution in [0.5, 0.6) is 0 Å². The number of thioether (sulfide) groups is 1. The molecule has 1 aliphatic rings. The summed E-state index contributed by atoms with van der Waals surface area (Å²) in [4.78, 5) is 25.3. The summed E-state index contributed by atoms with van der Waals surface area (Å²) in [5.41, 5.74) is 1.14. The Kier molecular flexibility index (Phi) is 4.84. The smallest absolute Gasteiger partial charge is 0.324 e. The molecular weight excluding hydrogens is 326 g/mol. The average molecular weight is 345 g/mol. The van der Waals surface area contributed by atoms with Crippen LogP contribution in [0.3, 0.4) is 0 Å². The van der Waals surface area contributed by atoms with E-state index in [1.54, 1.807) is 6.92 Å². The maximum atomic E-state index is 12.4. The monoisotopic (exact) mass is 345 g/mol. The second-order valence-electron chi connectivity index (χ2n) is 5.58. The van der Waals surface area contributed by atoms with E-state index in [0.717, 1.165) is 11.4 Å². The first-order valence-electron chi connectivity index (χ1n) is 7.76. The first-order valence-corrected chi connectivity index (χ1v) is 8.64. The van der Waals surface area contributed by atoms with Crippen molar-refractivity contribution in [3.63, 3.8) is 0 Å². The molecule has 0 spiro atoms. The first kappa shape index (κ1) is 16.5. The molecule has 0 aliphatic carbocycles. The predicted molar refractivity (Wildman–Crippen MR) is 90.7 cm³/mol. The van der Waals surface area contributed by atoms with Gasteiger partial charge in [-0.2, -0.15) is 0 Å². The number of benzene rings is 1. The predicted octanol–water partition coefficient (Wildman–Crippen LogP) is 1.67. The standard InChI is InChI=1S/C16H19N5O2S/c1-11(14(22)20-9-8-17-15(20)23)24-16-19-18-12(2)21(16)10-13-6-4-3-5-7-13/h3-7,11H,8-10H2,1-2H3,(H,17,23)/t11-/m0/s1. The fraction of sp³-hybridized carbons (Fsp3) is 0.375. The van der Waals surface area contributed by atoms with Crippen LogP contribution in [0.2, 0.25) is 0 Å². The second kappa shape index (κ2) is 7.04. The number of hydrogen-bond acceptors (Lipinski definition) is 5. The quantitative estimate of drug-likeness (QED) is 0.834. The van der Waals surface area contributed by atoms with Gasteiger partial charge < -0.3 is 9.88 Å². The highest BCUT2D eigenvalue weighted by atomic mass is 32.2. The van der Waals surface area contributed by atoms with Gasteiger partial charge in [-0.3, -0.25) is 9.69 Å². The van der Waals surface area contributed by atoms with Crippen molar-refractivity contribution < 1.29 is 9.59 Å². The number of carbonyl (C=O) groups is 2. The molecule has 7 nitrogen and oxygen atoms in total. The van der Waals surface area contributed by atoms with Gasteiger partial charge in [0.05, 0.1) is 11.8 Å². The number of hydrogen-bond donors (Lipinski definition) is 1. The molecule has 24 heavy (non-hydrogen) atoms. The van der Waals surface area contributed by atoms with Crippen molar-refractivity contribution in [2.75, 3.05) is 13.1 Å². The summed E-state index contributed by atoms with van der Waals surface area (Å²) in [7, 11) is 0. The maximum absolute atomic E-state index is 12.4. The number of urea groups is 1. The van der Waals surface area contributed by atoms with Gasteiger partial charge >= 0.3 is 6.03 Å². The van der Waals surface area contributed by atoms with Crippen molar-refractivity contribution in [3.8, 4) is 0 Å². The molecule has 0 unspecified atom stereocenters. The van der Waals surface area contributed by atoms with Gasteiger partial charge in [-0.05, 0) is 19.4 Å². The Morgan fingerprint density at radius 2 is 2.08 bits per heavy atom. The topological polar surface area (TPSA) is 80.1 Å². The van der Waals surface area contributed by atoms with Crippen molar-refractivity contribution in [1.82, 2.24) is 25.0 Å². The van der Waals surface area contributed by atoms with Crippen LogP contribution >= 0.6 is 11.8 Å². The number of rotatable bonds is 5. The third-order valence-corrected chi connectivity index (χ3v) is 4.91. The summed E-state index contributed by atoms with van der Waals surface area (Å²) in [6.07, 6.45) is 0. The summed E-state index contributed by atoms with van der Waals surface area (Å²) < 4.78 is 1.98. The molecule has 1 aromatic heterocycles. The minimum absolute atomic E-state index is 0.207. The third kappa shape index (κ3) is 3.43. The van der Waals surface area contributed by atoms with E-state index in [1.165, 1.54) is 16.7 Å². The molecule has 1 N–H and O–H groups in total. The SMILES string of the molecule is Cc1nnc(S[C@@H](C)C(=O)N2CCNC2=O)n1Cc1ccccc1. The highest BCUT2D eigenvalue weighted by molar-refractivity contribution is 8.00. The van der Waals surface area contributed by atoms with Gasteiger partial charge in [-0.25, -0.2) is 4.79 Å². The van der Waals surface area contributed by atoms with Crippen molar-refractivity contribution in [3.05, 3.63) is 41.7 Å². The van der Waals surface area contributed by atoms with Gasteiger partial charge in [0.15, 0.2) is 5.16 Å². The number of aromatic nitrogens is 3. The van der Waals surface area contributed by atoms with Crippen molar-refractivity contribution in [2.45, 2.75) is 30.8 Å². The van der Waals surface area contributed by atoms with E-state index in [1.807, 2.05) is 41.8 Å². The lowest BCUT2D eigenvalue weighted by molar-refractivity contribution is -0.126. The Bertz CT molecular complexity index is 746. The van der Waals surface area contributed by atoms with E-state index >= 15 is 0 Å². The molecule has 1 fully saturated rings. The molecule has 3 rings (SSSR count). The molecule has 1 saturated heterocycles. The van der Waals surface area contributed by atoms with Gasteiger partial charge in [0.1, 0.15) is 5.82 Å². The fourth-order valence-electron chi connectivity index (χ4n) is 2.51. The summed E-state index contributed by atoms with van der Waals surface area (Å²) in [5, 5.41) is 11.2. The van der Waals surface area contributed by atoms with E-state index in [9.17, 15) is 9.59 Å². The van der Waals surface area contributed by atoms with Gasteiger partial charge in [0.2, 0.25) is 5.91 Å². The first-order chi connectivity index (χ1) is 11.6. The third-order valence-electron chi connectivity index (χ3n) is 3.84. The number of imide groups is 1. The molecule has 8 heteroatoms. The minimum atomic E-state index is -0.410. The van der Waals surface area contributed by atoms with Gasteiger partial charge in [0, 0.05) is 13.1 Å². The lowest BCUT2D eigenvalue weighted by Gasteiger charge is -2.17. The molecule has 1 aromatic carbocycles. The second-order valence-corrected chi connectivity index (χ2v) is 6.89. The van der Waals surface area contributed by atoms with E-state index in [2.05, 4.69) is 15.5 Å². The maximum Gasteiger partial charge on any atom is 0.324 e. The van der Waals surface area contributed by atoms with E-state index in [0.29, 0.717) is 24.8 Å². The summed E-state index contributed by atoms with van der Waals surface area (Å²) in [6, 6.07) is 9.70. The number of aryl methyl sites for hydroxylation is 1. The largest absolute Gasteiger partial charge is 0.336 e. The van der Waals surface area contributed by atoms with Crippen LogP contribution in [-0.4, -0.2) is 49.9 Å². The number of nitrogens with zero attached hydrogens (tertiary/aromatic N) is 4. The number of nitrogens with one attached hydrogen (secondary N) is 1. The molecular formula is C16H19N5O2S.